The first-order valence-corrected chi connectivity index (χ1v) is 21.1. The standard InChI is InChI=1S/C29H56N5O4PS2/c1-5-41(3,4)21-17-15-13-11-9-7-6-8-10-12-14-16-19-40-20-18-38-39(35,36)25-37-26(2)22-34-24-33-27-28(30)31-23-32-29(27)34/h23-24,26H,5-22,25H2,1-4H3,(H,35,36)(H2,30,31,32)/t26-/m1/s1. The number of aromatic nitrogens is 4. The van der Waals surface area contributed by atoms with Gasteiger partial charge in [-0.05, 0) is 49.5 Å². The van der Waals surface area contributed by atoms with Gasteiger partial charge in [-0.3, -0.25) is 4.57 Å². The Morgan fingerprint density at radius 3 is 2.22 bits per heavy atom. The number of fused-ring (bicyclic) bond motifs is 1. The fourth-order valence-corrected chi connectivity index (χ4v) is 7.68. The highest BCUT2D eigenvalue weighted by Crippen LogP contribution is 2.42. The summed E-state index contributed by atoms with van der Waals surface area (Å²) in [5.41, 5.74) is 6.95. The highest BCUT2D eigenvalue weighted by molar-refractivity contribution is 8.32. The van der Waals surface area contributed by atoms with Crippen molar-refractivity contribution < 1.29 is 18.7 Å². The molecule has 0 saturated heterocycles. The van der Waals surface area contributed by atoms with Crippen LogP contribution in [0, 0.1) is 0 Å². The molecule has 0 amide bonds. The van der Waals surface area contributed by atoms with Crippen molar-refractivity contribution in [2.45, 2.75) is 104 Å². The summed E-state index contributed by atoms with van der Waals surface area (Å²) in [7, 11) is -4.09. The van der Waals surface area contributed by atoms with Crippen LogP contribution in [0.5, 0.6) is 0 Å². The van der Waals surface area contributed by atoms with E-state index in [-0.39, 0.29) is 29.1 Å². The van der Waals surface area contributed by atoms with Crippen LogP contribution in [0.3, 0.4) is 0 Å². The van der Waals surface area contributed by atoms with Crippen molar-refractivity contribution in [3.63, 3.8) is 0 Å². The molecule has 0 bridgehead atoms. The maximum atomic E-state index is 12.3. The molecule has 12 heteroatoms. The zero-order valence-electron chi connectivity index (χ0n) is 26.0. The van der Waals surface area contributed by atoms with Gasteiger partial charge >= 0.3 is 7.60 Å². The maximum Gasteiger partial charge on any atom is 0.353 e. The highest BCUT2D eigenvalue weighted by atomic mass is 32.3. The minimum atomic E-state index is -3.79. The lowest BCUT2D eigenvalue weighted by Gasteiger charge is -2.29. The molecule has 2 aromatic heterocycles. The van der Waals surface area contributed by atoms with Gasteiger partial charge in [0.1, 0.15) is 18.2 Å². The first-order chi connectivity index (χ1) is 19.6. The van der Waals surface area contributed by atoms with E-state index in [2.05, 4.69) is 34.4 Å². The molecule has 2 aromatic rings. The molecule has 2 atom stereocenters. The Labute approximate surface area is 254 Å². The number of rotatable bonds is 25. The Morgan fingerprint density at radius 2 is 1.59 bits per heavy atom. The molecule has 9 nitrogen and oxygen atoms in total. The van der Waals surface area contributed by atoms with Gasteiger partial charge in [0.15, 0.2) is 11.5 Å². The molecule has 0 aliphatic rings. The first kappa shape index (κ1) is 36.4. The lowest BCUT2D eigenvalue weighted by Crippen LogP contribution is -2.17. The molecule has 0 fully saturated rings. The number of nitrogen functional groups attached to an aromatic ring is 1. The normalized spacial score (nSPS) is 14.9. The summed E-state index contributed by atoms with van der Waals surface area (Å²) in [6.07, 6.45) is 23.6. The van der Waals surface area contributed by atoms with Gasteiger partial charge in [-0.25, -0.2) is 25.0 Å². The Hall–Kier alpha value is -0.840. The summed E-state index contributed by atoms with van der Waals surface area (Å²) < 4.78 is 25.0. The number of imidazole rings is 1. The van der Waals surface area contributed by atoms with E-state index >= 15 is 0 Å². The molecule has 1 unspecified atom stereocenters. The fraction of sp³-hybridized carbons (Fsp3) is 0.828. The largest absolute Gasteiger partial charge is 0.382 e. The van der Waals surface area contributed by atoms with Crippen LogP contribution < -0.4 is 5.73 Å². The van der Waals surface area contributed by atoms with Crippen molar-refractivity contribution in [3.8, 4) is 0 Å². The Morgan fingerprint density at radius 1 is 0.976 bits per heavy atom. The van der Waals surface area contributed by atoms with Crippen LogP contribution in [-0.2, 0) is 20.4 Å². The van der Waals surface area contributed by atoms with E-state index in [1.807, 2.05) is 6.92 Å². The smallest absolute Gasteiger partial charge is 0.353 e. The third-order valence-electron chi connectivity index (χ3n) is 7.44. The molecule has 41 heavy (non-hydrogen) atoms. The number of unbranched alkanes of at least 4 members (excludes halogenated alkanes) is 11. The van der Waals surface area contributed by atoms with Crippen LogP contribution in [0.1, 0.15) is 90.9 Å². The molecule has 0 radical (unpaired) electrons. The molecule has 2 heterocycles. The molecule has 0 aliphatic heterocycles. The van der Waals surface area contributed by atoms with Gasteiger partial charge in [-0.1, -0.05) is 71.1 Å². The van der Waals surface area contributed by atoms with Crippen LogP contribution in [0.2, 0.25) is 0 Å². The minimum Gasteiger partial charge on any atom is -0.382 e. The highest BCUT2D eigenvalue weighted by Gasteiger charge is 2.21. The number of anilines is 1. The van der Waals surface area contributed by atoms with Crippen LogP contribution in [-0.4, -0.2) is 79.0 Å². The van der Waals surface area contributed by atoms with Crippen molar-refractivity contribution in [3.05, 3.63) is 12.7 Å². The summed E-state index contributed by atoms with van der Waals surface area (Å²) in [4.78, 5) is 22.5. The Kier molecular flexibility index (Phi) is 17.9. The number of hydrogen-bond donors (Lipinski definition) is 2. The molecule has 0 aromatic carbocycles. The summed E-state index contributed by atoms with van der Waals surface area (Å²) in [6, 6.07) is 0. The molecule has 0 saturated carbocycles. The summed E-state index contributed by atoms with van der Waals surface area (Å²) >= 11 is 1.78. The van der Waals surface area contributed by atoms with Gasteiger partial charge in [-0.2, -0.15) is 11.8 Å². The van der Waals surface area contributed by atoms with Crippen molar-refractivity contribution >= 4 is 46.4 Å². The fourth-order valence-electron chi connectivity index (χ4n) is 4.57. The number of hydrogen-bond acceptors (Lipinski definition) is 8. The van der Waals surface area contributed by atoms with Crippen LogP contribution >= 0.6 is 29.4 Å². The predicted octanol–water partition coefficient (Wildman–Crippen LogP) is 7.47. The number of nitrogens with zero attached hydrogens (tertiary/aromatic N) is 4. The molecular formula is C29H56N5O4PS2. The third kappa shape index (κ3) is 16.0. The lowest BCUT2D eigenvalue weighted by atomic mass is 10.1. The second-order valence-electron chi connectivity index (χ2n) is 11.5. The average molecular weight is 634 g/mol. The lowest BCUT2D eigenvalue weighted by molar-refractivity contribution is 0.0724. The zero-order valence-corrected chi connectivity index (χ0v) is 28.5. The molecule has 238 valence electrons. The third-order valence-corrected chi connectivity index (χ3v) is 12.5. The summed E-state index contributed by atoms with van der Waals surface area (Å²) in [6.45, 7) is 4.83. The van der Waals surface area contributed by atoms with Gasteiger partial charge < -0.3 is 24.5 Å². The zero-order chi connectivity index (χ0) is 30.0. The molecular weight excluding hydrogens is 577 g/mol. The van der Waals surface area contributed by atoms with Crippen LogP contribution in [0.15, 0.2) is 12.7 Å². The van der Waals surface area contributed by atoms with Gasteiger partial charge in [0.25, 0.3) is 0 Å². The Bertz CT molecular complexity index is 1030. The van der Waals surface area contributed by atoms with E-state index in [4.69, 9.17) is 15.0 Å². The maximum absolute atomic E-state index is 12.3. The van der Waals surface area contributed by atoms with E-state index in [9.17, 15) is 9.46 Å². The molecule has 0 aliphatic carbocycles. The molecule has 0 spiro atoms. The number of ether oxygens (including phenoxy) is 1. The monoisotopic (exact) mass is 633 g/mol. The molecule has 2 rings (SSSR count). The van der Waals surface area contributed by atoms with Gasteiger partial charge in [0.2, 0.25) is 0 Å². The van der Waals surface area contributed by atoms with Crippen LogP contribution in [0.4, 0.5) is 5.82 Å². The van der Waals surface area contributed by atoms with Crippen LogP contribution in [0.25, 0.3) is 11.2 Å². The van der Waals surface area contributed by atoms with E-state index < -0.39 is 7.60 Å². The second-order valence-corrected chi connectivity index (χ2v) is 19.1. The first-order valence-electron chi connectivity index (χ1n) is 15.4. The van der Waals surface area contributed by atoms with Gasteiger partial charge in [0.05, 0.1) is 25.6 Å². The summed E-state index contributed by atoms with van der Waals surface area (Å²) in [5, 5.41) is 0. The van der Waals surface area contributed by atoms with E-state index in [0.29, 0.717) is 29.3 Å². The topological polar surface area (TPSA) is 125 Å². The van der Waals surface area contributed by atoms with Crippen molar-refractivity contribution in [1.82, 2.24) is 19.5 Å². The Balaban J connectivity index is 1.37. The number of thioether (sulfide) groups is 1. The predicted molar refractivity (Wildman–Crippen MR) is 179 cm³/mol. The van der Waals surface area contributed by atoms with Crippen molar-refractivity contribution in [2.24, 2.45) is 0 Å². The molecule has 3 N–H and O–H groups in total. The van der Waals surface area contributed by atoms with E-state index in [1.165, 1.54) is 94.9 Å². The average Bonchev–Trinajstić information content (AvgIpc) is 3.35. The number of nitrogens with two attached hydrogens (primary N) is 1. The van der Waals surface area contributed by atoms with Gasteiger partial charge in [-0.15, -0.1) is 0 Å². The van der Waals surface area contributed by atoms with Crippen molar-refractivity contribution in [2.75, 3.05) is 54.2 Å². The van der Waals surface area contributed by atoms with Gasteiger partial charge in [0, 0.05) is 5.75 Å². The quantitative estimate of drug-likeness (QED) is 0.0846. The van der Waals surface area contributed by atoms with Crippen molar-refractivity contribution in [1.29, 1.82) is 0 Å². The van der Waals surface area contributed by atoms with E-state index in [0.717, 1.165) is 5.75 Å². The SMILES string of the molecule is CCS(C)(C)CCCCCCCCCCCCCCSCCOP(=O)(O)CO[C@H](C)Cn1cnc2c(N)ncnc21. The second kappa shape index (κ2) is 20.2. The minimum absolute atomic E-state index is 0.246. The van der Waals surface area contributed by atoms with E-state index in [1.54, 1.807) is 22.7 Å². The summed E-state index contributed by atoms with van der Waals surface area (Å²) in [5.74, 6) is 4.92.